The number of rotatable bonds is 3. The molecule has 2 rings (SSSR count). The topological polar surface area (TPSA) is 15.3 Å². The Morgan fingerprint density at radius 3 is 2.80 bits per heavy atom. The molecule has 0 saturated carbocycles. The molecule has 15 heavy (non-hydrogen) atoms. The second-order valence-corrected chi connectivity index (χ2v) is 5.92. The maximum atomic E-state index is 3.69. The molecular formula is C13H26N2. The molecule has 2 unspecified atom stereocenters. The molecule has 2 aliphatic heterocycles. The number of hydrogen-bond donors (Lipinski definition) is 1. The van der Waals surface area contributed by atoms with Gasteiger partial charge in [0, 0.05) is 17.6 Å². The summed E-state index contributed by atoms with van der Waals surface area (Å²) in [5, 5.41) is 3.69. The largest absolute Gasteiger partial charge is 0.311 e. The van der Waals surface area contributed by atoms with E-state index in [-0.39, 0.29) is 0 Å². The van der Waals surface area contributed by atoms with Gasteiger partial charge in [-0.1, -0.05) is 0 Å². The molecule has 2 fully saturated rings. The van der Waals surface area contributed by atoms with Gasteiger partial charge in [0.25, 0.3) is 0 Å². The molecular weight excluding hydrogens is 184 g/mol. The van der Waals surface area contributed by atoms with E-state index in [2.05, 4.69) is 31.0 Å². The number of likely N-dealkylation sites (tertiary alicyclic amines) is 1. The summed E-state index contributed by atoms with van der Waals surface area (Å²) in [5.41, 5.74) is 0.433. The van der Waals surface area contributed by atoms with Crippen LogP contribution in [0.3, 0.4) is 0 Å². The van der Waals surface area contributed by atoms with Crippen LogP contribution < -0.4 is 5.32 Å². The zero-order valence-corrected chi connectivity index (χ0v) is 10.6. The van der Waals surface area contributed by atoms with Crippen molar-refractivity contribution in [1.29, 1.82) is 0 Å². The average molecular weight is 210 g/mol. The highest BCUT2D eigenvalue weighted by Gasteiger charge is 2.35. The van der Waals surface area contributed by atoms with Crippen LogP contribution in [0.1, 0.15) is 52.9 Å². The van der Waals surface area contributed by atoms with Gasteiger partial charge in [-0.3, -0.25) is 4.90 Å². The predicted octanol–water partition coefficient (Wildman–Crippen LogP) is 2.39. The Hall–Kier alpha value is -0.0800. The summed E-state index contributed by atoms with van der Waals surface area (Å²) in [6.07, 6.45) is 6.90. The first-order chi connectivity index (χ1) is 7.11. The fourth-order valence-electron chi connectivity index (χ4n) is 3.41. The van der Waals surface area contributed by atoms with Crippen LogP contribution in [0.25, 0.3) is 0 Å². The zero-order valence-electron chi connectivity index (χ0n) is 10.6. The normalized spacial score (nSPS) is 38.0. The number of nitrogens with one attached hydrogen (secondary N) is 1. The van der Waals surface area contributed by atoms with Gasteiger partial charge >= 0.3 is 0 Å². The summed E-state index contributed by atoms with van der Waals surface area (Å²) in [4.78, 5) is 2.70. The molecule has 0 spiro atoms. The summed E-state index contributed by atoms with van der Waals surface area (Å²) in [6, 6.07) is 1.56. The van der Waals surface area contributed by atoms with E-state index < -0.39 is 0 Å². The van der Waals surface area contributed by atoms with Crippen molar-refractivity contribution >= 4 is 0 Å². The highest BCUT2D eigenvalue weighted by atomic mass is 15.2. The van der Waals surface area contributed by atoms with Crippen molar-refractivity contribution in [2.45, 2.75) is 70.5 Å². The minimum atomic E-state index is 0.433. The van der Waals surface area contributed by atoms with Crippen LogP contribution in [0.15, 0.2) is 0 Å². The summed E-state index contributed by atoms with van der Waals surface area (Å²) in [5.74, 6) is 0. The van der Waals surface area contributed by atoms with Crippen LogP contribution in [0.2, 0.25) is 0 Å². The Labute approximate surface area is 94.4 Å². The Morgan fingerprint density at radius 1 is 1.40 bits per heavy atom. The first-order valence-electron chi connectivity index (χ1n) is 6.61. The SMILES string of the molecule is CC(C)N1CCCC1CC1(C)CCCN1. The van der Waals surface area contributed by atoms with E-state index in [9.17, 15) is 0 Å². The summed E-state index contributed by atoms with van der Waals surface area (Å²) < 4.78 is 0. The molecule has 0 aromatic carbocycles. The number of nitrogens with zero attached hydrogens (tertiary/aromatic N) is 1. The third-order valence-corrected chi connectivity index (χ3v) is 4.23. The van der Waals surface area contributed by atoms with Crippen molar-refractivity contribution < 1.29 is 0 Å². The molecule has 0 bridgehead atoms. The predicted molar refractivity (Wildman–Crippen MR) is 65.1 cm³/mol. The molecule has 0 amide bonds. The Bertz CT molecular complexity index is 207. The Kier molecular flexibility index (Phi) is 3.36. The lowest BCUT2D eigenvalue weighted by Gasteiger charge is -2.34. The summed E-state index contributed by atoms with van der Waals surface area (Å²) >= 11 is 0. The van der Waals surface area contributed by atoms with Crippen molar-refractivity contribution in [1.82, 2.24) is 10.2 Å². The van der Waals surface area contributed by atoms with Gasteiger partial charge in [-0.25, -0.2) is 0 Å². The smallest absolute Gasteiger partial charge is 0.0168 e. The molecule has 2 aliphatic rings. The van der Waals surface area contributed by atoms with Gasteiger partial charge in [-0.15, -0.1) is 0 Å². The summed E-state index contributed by atoms with van der Waals surface area (Å²) in [7, 11) is 0. The quantitative estimate of drug-likeness (QED) is 0.769. The fourth-order valence-corrected chi connectivity index (χ4v) is 3.41. The van der Waals surface area contributed by atoms with Crippen molar-refractivity contribution in [2.24, 2.45) is 0 Å². The Balaban J connectivity index is 1.92. The third-order valence-electron chi connectivity index (χ3n) is 4.23. The van der Waals surface area contributed by atoms with Gasteiger partial charge in [0.1, 0.15) is 0 Å². The molecule has 0 aromatic heterocycles. The van der Waals surface area contributed by atoms with E-state index in [1.807, 2.05) is 0 Å². The molecule has 0 aliphatic carbocycles. The van der Waals surface area contributed by atoms with Crippen LogP contribution in [-0.4, -0.2) is 35.6 Å². The molecule has 0 aromatic rings. The first-order valence-corrected chi connectivity index (χ1v) is 6.61. The average Bonchev–Trinajstić information content (AvgIpc) is 2.75. The van der Waals surface area contributed by atoms with Crippen molar-refractivity contribution in [3.8, 4) is 0 Å². The van der Waals surface area contributed by atoms with Crippen LogP contribution in [0.4, 0.5) is 0 Å². The standard InChI is InChI=1S/C13H26N2/c1-11(2)15-9-4-6-12(15)10-13(3)7-5-8-14-13/h11-12,14H,4-10H2,1-3H3. The van der Waals surface area contributed by atoms with Gasteiger partial charge in [0.15, 0.2) is 0 Å². The maximum absolute atomic E-state index is 3.69. The third kappa shape index (κ3) is 2.54. The second-order valence-electron chi connectivity index (χ2n) is 5.92. The van der Waals surface area contributed by atoms with Crippen LogP contribution in [0.5, 0.6) is 0 Å². The minimum absolute atomic E-state index is 0.433. The zero-order chi connectivity index (χ0) is 10.9. The lowest BCUT2D eigenvalue weighted by Crippen LogP contribution is -2.45. The molecule has 2 atom stereocenters. The molecule has 88 valence electrons. The Morgan fingerprint density at radius 2 is 2.20 bits per heavy atom. The molecule has 2 saturated heterocycles. The minimum Gasteiger partial charge on any atom is -0.311 e. The van der Waals surface area contributed by atoms with Crippen molar-refractivity contribution in [2.75, 3.05) is 13.1 Å². The maximum Gasteiger partial charge on any atom is 0.0168 e. The number of hydrogen-bond acceptors (Lipinski definition) is 2. The van der Waals surface area contributed by atoms with Crippen molar-refractivity contribution in [3.63, 3.8) is 0 Å². The van der Waals surface area contributed by atoms with E-state index in [1.54, 1.807) is 0 Å². The highest BCUT2D eigenvalue weighted by molar-refractivity contribution is 4.95. The van der Waals surface area contributed by atoms with Gasteiger partial charge in [-0.2, -0.15) is 0 Å². The van der Waals surface area contributed by atoms with Gasteiger partial charge < -0.3 is 5.32 Å². The van der Waals surface area contributed by atoms with Crippen LogP contribution in [-0.2, 0) is 0 Å². The lowest BCUT2D eigenvalue weighted by molar-refractivity contribution is 0.165. The van der Waals surface area contributed by atoms with E-state index in [0.717, 1.165) is 12.1 Å². The van der Waals surface area contributed by atoms with Gasteiger partial charge in [0.05, 0.1) is 0 Å². The van der Waals surface area contributed by atoms with Crippen molar-refractivity contribution in [3.05, 3.63) is 0 Å². The van der Waals surface area contributed by atoms with Crippen LogP contribution in [0, 0.1) is 0 Å². The molecule has 2 heterocycles. The van der Waals surface area contributed by atoms with Crippen LogP contribution >= 0.6 is 0 Å². The molecule has 0 radical (unpaired) electrons. The fraction of sp³-hybridized carbons (Fsp3) is 1.00. The van der Waals surface area contributed by atoms with E-state index in [0.29, 0.717) is 5.54 Å². The lowest BCUT2D eigenvalue weighted by atomic mass is 9.90. The molecule has 2 nitrogen and oxygen atoms in total. The summed E-state index contributed by atoms with van der Waals surface area (Å²) in [6.45, 7) is 9.63. The van der Waals surface area contributed by atoms with Gasteiger partial charge in [0.2, 0.25) is 0 Å². The second kappa shape index (κ2) is 4.42. The van der Waals surface area contributed by atoms with E-state index >= 15 is 0 Å². The van der Waals surface area contributed by atoms with E-state index in [4.69, 9.17) is 0 Å². The van der Waals surface area contributed by atoms with E-state index in [1.165, 1.54) is 45.2 Å². The first kappa shape index (κ1) is 11.4. The van der Waals surface area contributed by atoms with Gasteiger partial charge in [-0.05, 0) is 66.0 Å². The molecule has 2 heteroatoms. The monoisotopic (exact) mass is 210 g/mol. The molecule has 1 N–H and O–H groups in total. The highest BCUT2D eigenvalue weighted by Crippen LogP contribution is 2.31.